The van der Waals surface area contributed by atoms with Crippen molar-refractivity contribution >= 4 is 23.2 Å². The van der Waals surface area contributed by atoms with E-state index in [0.717, 1.165) is 11.3 Å². The smallest absolute Gasteiger partial charge is 0.228 e. The fourth-order valence-corrected chi connectivity index (χ4v) is 2.92. The topological polar surface area (TPSA) is 58.2 Å². The summed E-state index contributed by atoms with van der Waals surface area (Å²) in [7, 11) is 0. The standard InChI is InChI=1S/C20H21FN2O2/c1-12(2)15-8-3-4-9-18(15)23-20(25)17-11-16(17)19(24)22-14-7-5-6-13(21)10-14/h3-10,12,16-17H,11H2,1-2H3,(H,22,24)(H,23,25). The molecule has 1 aliphatic rings. The van der Waals surface area contributed by atoms with Crippen molar-refractivity contribution in [3.8, 4) is 0 Å². The van der Waals surface area contributed by atoms with Gasteiger partial charge in [0.05, 0.1) is 11.8 Å². The van der Waals surface area contributed by atoms with E-state index in [0.29, 0.717) is 18.0 Å². The van der Waals surface area contributed by atoms with Crippen LogP contribution in [0.25, 0.3) is 0 Å². The molecule has 2 amide bonds. The van der Waals surface area contributed by atoms with Crippen molar-refractivity contribution in [1.82, 2.24) is 0 Å². The molecular weight excluding hydrogens is 319 g/mol. The molecule has 0 aromatic heterocycles. The van der Waals surface area contributed by atoms with E-state index in [9.17, 15) is 14.0 Å². The van der Waals surface area contributed by atoms with Crippen LogP contribution in [0.15, 0.2) is 48.5 Å². The molecule has 2 aromatic carbocycles. The number of halogens is 1. The second-order valence-electron chi connectivity index (χ2n) is 6.68. The molecule has 4 nitrogen and oxygen atoms in total. The Morgan fingerprint density at radius 2 is 1.68 bits per heavy atom. The van der Waals surface area contributed by atoms with E-state index in [4.69, 9.17) is 0 Å². The summed E-state index contributed by atoms with van der Waals surface area (Å²) in [6.07, 6.45) is 0.511. The number of benzene rings is 2. The zero-order chi connectivity index (χ0) is 18.0. The Bertz CT molecular complexity index is 804. The quantitative estimate of drug-likeness (QED) is 0.858. The van der Waals surface area contributed by atoms with Gasteiger partial charge in [-0.05, 0) is 42.2 Å². The van der Waals surface area contributed by atoms with Gasteiger partial charge in [0.15, 0.2) is 0 Å². The Hall–Kier alpha value is -2.69. The van der Waals surface area contributed by atoms with Gasteiger partial charge in [-0.1, -0.05) is 38.1 Å². The fraction of sp³-hybridized carbons (Fsp3) is 0.300. The molecule has 3 rings (SSSR count). The van der Waals surface area contributed by atoms with Crippen LogP contribution in [0.4, 0.5) is 15.8 Å². The minimum absolute atomic E-state index is 0.146. The summed E-state index contributed by atoms with van der Waals surface area (Å²) >= 11 is 0. The van der Waals surface area contributed by atoms with Gasteiger partial charge >= 0.3 is 0 Å². The molecule has 0 heterocycles. The van der Waals surface area contributed by atoms with Gasteiger partial charge in [0, 0.05) is 11.4 Å². The van der Waals surface area contributed by atoms with Crippen LogP contribution in [0.1, 0.15) is 31.7 Å². The summed E-state index contributed by atoms with van der Waals surface area (Å²) in [5, 5.41) is 5.60. The van der Waals surface area contributed by atoms with Crippen molar-refractivity contribution in [2.24, 2.45) is 11.8 Å². The van der Waals surface area contributed by atoms with E-state index in [1.54, 1.807) is 6.07 Å². The summed E-state index contributed by atoms with van der Waals surface area (Å²) in [6, 6.07) is 13.4. The molecule has 0 spiro atoms. The van der Waals surface area contributed by atoms with Gasteiger partial charge in [-0.25, -0.2) is 4.39 Å². The van der Waals surface area contributed by atoms with E-state index in [-0.39, 0.29) is 23.7 Å². The molecule has 0 bridgehead atoms. The minimum atomic E-state index is -0.409. The molecule has 0 radical (unpaired) electrons. The molecule has 1 saturated carbocycles. The van der Waals surface area contributed by atoms with Crippen LogP contribution in [0.5, 0.6) is 0 Å². The monoisotopic (exact) mass is 340 g/mol. The third-order valence-electron chi connectivity index (χ3n) is 4.40. The molecule has 0 aliphatic heterocycles. The van der Waals surface area contributed by atoms with E-state index < -0.39 is 5.82 Å². The largest absolute Gasteiger partial charge is 0.326 e. The molecule has 1 fully saturated rings. The van der Waals surface area contributed by atoms with Crippen molar-refractivity contribution in [1.29, 1.82) is 0 Å². The minimum Gasteiger partial charge on any atom is -0.326 e. The van der Waals surface area contributed by atoms with E-state index in [2.05, 4.69) is 24.5 Å². The number of anilines is 2. The van der Waals surface area contributed by atoms with Crippen LogP contribution >= 0.6 is 0 Å². The molecule has 130 valence electrons. The lowest BCUT2D eigenvalue weighted by molar-refractivity contribution is -0.122. The number of carbonyl (C=O) groups excluding carboxylic acids is 2. The molecule has 2 unspecified atom stereocenters. The number of hydrogen-bond acceptors (Lipinski definition) is 2. The average molecular weight is 340 g/mol. The first kappa shape index (κ1) is 17.1. The first-order valence-corrected chi connectivity index (χ1v) is 8.42. The van der Waals surface area contributed by atoms with Crippen LogP contribution in [-0.4, -0.2) is 11.8 Å². The van der Waals surface area contributed by atoms with Crippen LogP contribution in [0, 0.1) is 17.7 Å². The normalized spacial score (nSPS) is 18.7. The number of para-hydroxylation sites is 1. The fourth-order valence-electron chi connectivity index (χ4n) is 2.92. The van der Waals surface area contributed by atoms with Gasteiger partial charge in [-0.15, -0.1) is 0 Å². The summed E-state index contributed by atoms with van der Waals surface area (Å²) in [6.45, 7) is 4.13. The third-order valence-corrected chi connectivity index (χ3v) is 4.40. The first-order valence-electron chi connectivity index (χ1n) is 8.42. The van der Waals surface area contributed by atoms with Crippen molar-refractivity contribution in [3.05, 3.63) is 59.9 Å². The highest BCUT2D eigenvalue weighted by Crippen LogP contribution is 2.40. The number of carbonyl (C=O) groups is 2. The number of nitrogens with one attached hydrogen (secondary N) is 2. The number of hydrogen-bond donors (Lipinski definition) is 2. The molecular formula is C20H21FN2O2. The van der Waals surface area contributed by atoms with Gasteiger partial charge in [-0.2, -0.15) is 0 Å². The Labute approximate surface area is 146 Å². The number of amides is 2. The summed E-state index contributed by atoms with van der Waals surface area (Å²) in [5.74, 6) is -1.21. The first-order chi connectivity index (χ1) is 12.0. The Morgan fingerprint density at radius 1 is 1.00 bits per heavy atom. The van der Waals surface area contributed by atoms with Gasteiger partial charge in [0.1, 0.15) is 5.82 Å². The van der Waals surface area contributed by atoms with Crippen molar-refractivity contribution in [2.45, 2.75) is 26.2 Å². The van der Waals surface area contributed by atoms with Gasteiger partial charge in [-0.3, -0.25) is 9.59 Å². The van der Waals surface area contributed by atoms with Crippen LogP contribution in [0.2, 0.25) is 0 Å². The second-order valence-corrected chi connectivity index (χ2v) is 6.68. The van der Waals surface area contributed by atoms with Crippen molar-refractivity contribution < 1.29 is 14.0 Å². The molecule has 1 aliphatic carbocycles. The maximum absolute atomic E-state index is 13.2. The van der Waals surface area contributed by atoms with Gasteiger partial charge < -0.3 is 10.6 Å². The molecule has 5 heteroatoms. The van der Waals surface area contributed by atoms with Gasteiger partial charge in [0.25, 0.3) is 0 Å². The highest BCUT2D eigenvalue weighted by Gasteiger charge is 2.48. The maximum atomic E-state index is 13.2. The van der Waals surface area contributed by atoms with Crippen LogP contribution in [0.3, 0.4) is 0 Å². The Morgan fingerprint density at radius 3 is 2.36 bits per heavy atom. The lowest BCUT2D eigenvalue weighted by atomic mass is 10.0. The Balaban J connectivity index is 1.60. The van der Waals surface area contributed by atoms with E-state index >= 15 is 0 Å². The maximum Gasteiger partial charge on any atom is 0.228 e. The molecule has 0 saturated heterocycles. The van der Waals surface area contributed by atoms with E-state index in [1.807, 2.05) is 24.3 Å². The zero-order valence-corrected chi connectivity index (χ0v) is 14.3. The van der Waals surface area contributed by atoms with Crippen molar-refractivity contribution in [2.75, 3.05) is 10.6 Å². The third kappa shape index (κ3) is 4.05. The predicted octanol–water partition coefficient (Wildman–Crippen LogP) is 4.16. The molecule has 2 atom stereocenters. The van der Waals surface area contributed by atoms with Gasteiger partial charge in [0.2, 0.25) is 11.8 Å². The SMILES string of the molecule is CC(C)c1ccccc1NC(=O)C1CC1C(=O)Nc1cccc(F)c1. The van der Waals surface area contributed by atoms with Crippen LogP contribution in [-0.2, 0) is 9.59 Å². The summed E-state index contributed by atoms with van der Waals surface area (Å²) in [4.78, 5) is 24.6. The predicted molar refractivity (Wildman–Crippen MR) is 95.8 cm³/mol. The zero-order valence-electron chi connectivity index (χ0n) is 14.3. The highest BCUT2D eigenvalue weighted by molar-refractivity contribution is 6.03. The Kier molecular flexibility index (Phi) is 4.83. The lowest BCUT2D eigenvalue weighted by Crippen LogP contribution is -2.21. The van der Waals surface area contributed by atoms with E-state index in [1.165, 1.54) is 18.2 Å². The summed E-state index contributed by atoms with van der Waals surface area (Å²) in [5.41, 5.74) is 2.26. The summed E-state index contributed by atoms with van der Waals surface area (Å²) < 4.78 is 13.2. The molecule has 2 N–H and O–H groups in total. The average Bonchev–Trinajstić information content (AvgIpc) is 3.36. The highest BCUT2D eigenvalue weighted by atomic mass is 19.1. The van der Waals surface area contributed by atoms with Crippen molar-refractivity contribution in [3.63, 3.8) is 0 Å². The molecule has 25 heavy (non-hydrogen) atoms. The lowest BCUT2D eigenvalue weighted by Gasteiger charge is -2.13. The molecule has 2 aromatic rings. The number of rotatable bonds is 5. The second kappa shape index (κ2) is 7.05. The van der Waals surface area contributed by atoms with Crippen LogP contribution < -0.4 is 10.6 Å².